The summed E-state index contributed by atoms with van der Waals surface area (Å²) in [6.07, 6.45) is 0.890. The molecule has 0 saturated heterocycles. The standard InChI is InChI=1S/C25H24N2O3S/c1-29-24-15-20(10-11-23(24)30-18-21-7-4-6-19(14-21)16-26)17-27-12-5-13-31(28)25-9-3-2-8-22(25)27/h2-4,6-11,14-15H,5,12-13,17-18H2,1H3. The highest BCUT2D eigenvalue weighted by Crippen LogP contribution is 2.32. The monoisotopic (exact) mass is 432 g/mol. The van der Waals surface area contributed by atoms with Crippen LogP contribution in [0.15, 0.2) is 71.6 Å². The van der Waals surface area contributed by atoms with Crippen LogP contribution in [0, 0.1) is 11.3 Å². The van der Waals surface area contributed by atoms with Gasteiger partial charge in [0.15, 0.2) is 11.5 Å². The molecular weight excluding hydrogens is 408 g/mol. The normalized spacial score (nSPS) is 15.5. The van der Waals surface area contributed by atoms with Crippen molar-refractivity contribution in [3.05, 3.63) is 83.4 Å². The van der Waals surface area contributed by atoms with E-state index < -0.39 is 10.8 Å². The zero-order valence-corrected chi connectivity index (χ0v) is 18.2. The van der Waals surface area contributed by atoms with E-state index in [0.717, 1.165) is 34.7 Å². The lowest BCUT2D eigenvalue weighted by Crippen LogP contribution is -2.23. The first-order chi connectivity index (χ1) is 15.2. The van der Waals surface area contributed by atoms with Gasteiger partial charge in [-0.1, -0.05) is 30.3 Å². The van der Waals surface area contributed by atoms with E-state index in [1.54, 1.807) is 13.2 Å². The third kappa shape index (κ3) is 4.89. The SMILES string of the molecule is COc1cc(CN2CCCS(=O)c3ccccc32)ccc1OCc1cccc(C#N)c1. The van der Waals surface area contributed by atoms with Gasteiger partial charge in [-0.3, -0.25) is 4.21 Å². The summed E-state index contributed by atoms with van der Waals surface area (Å²) in [4.78, 5) is 3.19. The Bertz CT molecular complexity index is 1140. The molecule has 0 N–H and O–H groups in total. The van der Waals surface area contributed by atoms with E-state index in [9.17, 15) is 4.21 Å². The van der Waals surface area contributed by atoms with E-state index in [1.165, 1.54) is 0 Å². The number of ether oxygens (including phenoxy) is 2. The van der Waals surface area contributed by atoms with Gasteiger partial charge in [0.1, 0.15) is 6.61 Å². The Morgan fingerprint density at radius 3 is 2.74 bits per heavy atom. The summed E-state index contributed by atoms with van der Waals surface area (Å²) in [5.41, 5.74) is 3.68. The molecular formula is C25H24N2O3S. The Hall–Kier alpha value is -3.30. The van der Waals surface area contributed by atoms with Crippen LogP contribution in [0.4, 0.5) is 5.69 Å². The van der Waals surface area contributed by atoms with Crippen molar-refractivity contribution >= 4 is 16.5 Å². The van der Waals surface area contributed by atoms with Crippen molar-refractivity contribution in [2.45, 2.75) is 24.5 Å². The zero-order chi connectivity index (χ0) is 21.6. The lowest BCUT2D eigenvalue weighted by molar-refractivity contribution is 0.284. The highest BCUT2D eigenvalue weighted by Gasteiger charge is 2.20. The number of hydrogen-bond acceptors (Lipinski definition) is 5. The molecule has 3 aromatic carbocycles. The summed E-state index contributed by atoms with van der Waals surface area (Å²) < 4.78 is 24.0. The summed E-state index contributed by atoms with van der Waals surface area (Å²) in [5, 5.41) is 9.06. The van der Waals surface area contributed by atoms with Gasteiger partial charge in [0.25, 0.3) is 0 Å². The Balaban J connectivity index is 1.51. The molecule has 5 nitrogen and oxygen atoms in total. The van der Waals surface area contributed by atoms with Gasteiger partial charge in [-0.15, -0.1) is 0 Å². The molecule has 0 bridgehead atoms. The van der Waals surface area contributed by atoms with Crippen molar-refractivity contribution in [3.63, 3.8) is 0 Å². The van der Waals surface area contributed by atoms with E-state index >= 15 is 0 Å². The number of nitrogens with zero attached hydrogens (tertiary/aromatic N) is 2. The van der Waals surface area contributed by atoms with Gasteiger partial charge in [-0.05, 0) is 53.9 Å². The highest BCUT2D eigenvalue weighted by atomic mass is 32.2. The molecule has 0 spiro atoms. The second kappa shape index (κ2) is 9.67. The summed E-state index contributed by atoms with van der Waals surface area (Å²) in [6, 6.07) is 23.4. The van der Waals surface area contributed by atoms with E-state index in [1.807, 2.05) is 60.7 Å². The number of para-hydroxylation sites is 1. The maximum Gasteiger partial charge on any atom is 0.161 e. The number of anilines is 1. The summed E-state index contributed by atoms with van der Waals surface area (Å²) >= 11 is 0. The topological polar surface area (TPSA) is 62.6 Å². The summed E-state index contributed by atoms with van der Waals surface area (Å²) in [7, 11) is 0.681. The third-order valence-electron chi connectivity index (χ3n) is 5.26. The summed E-state index contributed by atoms with van der Waals surface area (Å²) in [6.45, 7) is 1.92. The molecule has 1 unspecified atom stereocenters. The van der Waals surface area contributed by atoms with Crippen molar-refractivity contribution in [2.24, 2.45) is 0 Å². The van der Waals surface area contributed by atoms with Crippen molar-refractivity contribution in [1.82, 2.24) is 0 Å². The largest absolute Gasteiger partial charge is 0.493 e. The minimum atomic E-state index is -0.951. The van der Waals surface area contributed by atoms with Crippen LogP contribution in [-0.2, 0) is 24.0 Å². The average molecular weight is 433 g/mol. The van der Waals surface area contributed by atoms with E-state index in [4.69, 9.17) is 14.7 Å². The molecule has 6 heteroatoms. The number of nitriles is 1. The van der Waals surface area contributed by atoms with Crippen LogP contribution in [0.5, 0.6) is 11.5 Å². The highest BCUT2D eigenvalue weighted by molar-refractivity contribution is 7.85. The van der Waals surface area contributed by atoms with Crippen molar-refractivity contribution in [3.8, 4) is 17.6 Å². The molecule has 1 atom stereocenters. The van der Waals surface area contributed by atoms with Gasteiger partial charge in [-0.25, -0.2) is 0 Å². The minimum absolute atomic E-state index is 0.358. The van der Waals surface area contributed by atoms with Gasteiger partial charge in [0.05, 0.1) is 40.1 Å². The lowest BCUT2D eigenvalue weighted by atomic mass is 10.1. The molecule has 0 radical (unpaired) electrons. The molecule has 3 aromatic rings. The van der Waals surface area contributed by atoms with Gasteiger partial charge >= 0.3 is 0 Å². The number of methoxy groups -OCH3 is 1. The maximum atomic E-state index is 12.5. The molecule has 0 saturated carbocycles. The molecule has 0 fully saturated rings. The fraction of sp³-hybridized carbons (Fsp3) is 0.240. The maximum absolute atomic E-state index is 12.5. The molecule has 1 heterocycles. The fourth-order valence-corrected chi connectivity index (χ4v) is 5.01. The van der Waals surface area contributed by atoms with Crippen LogP contribution in [0.25, 0.3) is 0 Å². The average Bonchev–Trinajstić information content (AvgIpc) is 2.97. The second-order valence-corrected chi connectivity index (χ2v) is 8.92. The van der Waals surface area contributed by atoms with Crippen LogP contribution in [0.3, 0.4) is 0 Å². The minimum Gasteiger partial charge on any atom is -0.493 e. The lowest BCUT2D eigenvalue weighted by Gasteiger charge is -2.25. The Morgan fingerprint density at radius 1 is 1.03 bits per heavy atom. The number of rotatable bonds is 6. The first-order valence-electron chi connectivity index (χ1n) is 10.2. The predicted molar refractivity (Wildman–Crippen MR) is 122 cm³/mol. The molecule has 31 heavy (non-hydrogen) atoms. The molecule has 0 aromatic heterocycles. The molecule has 1 aliphatic heterocycles. The first kappa shape index (κ1) is 21.0. The predicted octanol–water partition coefficient (Wildman–Crippen LogP) is 4.66. The molecule has 0 aliphatic carbocycles. The fourth-order valence-electron chi connectivity index (χ4n) is 3.73. The van der Waals surface area contributed by atoms with Gasteiger partial charge < -0.3 is 14.4 Å². The first-order valence-corrected chi connectivity index (χ1v) is 11.5. The van der Waals surface area contributed by atoms with E-state index in [2.05, 4.69) is 11.0 Å². The van der Waals surface area contributed by atoms with Crippen LogP contribution in [-0.4, -0.2) is 23.6 Å². The quantitative estimate of drug-likeness (QED) is 0.567. The van der Waals surface area contributed by atoms with E-state index in [-0.39, 0.29) is 0 Å². The zero-order valence-electron chi connectivity index (χ0n) is 17.4. The third-order valence-corrected chi connectivity index (χ3v) is 6.76. The Morgan fingerprint density at radius 2 is 1.90 bits per heavy atom. The number of fused-ring (bicyclic) bond motifs is 1. The van der Waals surface area contributed by atoms with Crippen molar-refractivity contribution in [2.75, 3.05) is 24.3 Å². The number of hydrogen-bond donors (Lipinski definition) is 0. The van der Waals surface area contributed by atoms with Crippen LogP contribution in [0.1, 0.15) is 23.1 Å². The van der Waals surface area contributed by atoms with Crippen molar-refractivity contribution in [1.29, 1.82) is 5.26 Å². The molecule has 158 valence electrons. The van der Waals surface area contributed by atoms with E-state index in [0.29, 0.717) is 36.0 Å². The Kier molecular flexibility index (Phi) is 6.54. The van der Waals surface area contributed by atoms with Gasteiger partial charge in [-0.2, -0.15) is 5.26 Å². The molecule has 4 rings (SSSR count). The summed E-state index contributed by atoms with van der Waals surface area (Å²) in [5.74, 6) is 2.02. The van der Waals surface area contributed by atoms with Gasteiger partial charge in [0.2, 0.25) is 0 Å². The van der Waals surface area contributed by atoms with Gasteiger partial charge in [0, 0.05) is 18.8 Å². The smallest absolute Gasteiger partial charge is 0.161 e. The van der Waals surface area contributed by atoms with Crippen LogP contribution in [0.2, 0.25) is 0 Å². The molecule has 1 aliphatic rings. The molecule has 0 amide bonds. The second-order valence-electron chi connectivity index (χ2n) is 7.38. The van der Waals surface area contributed by atoms with Crippen LogP contribution >= 0.6 is 0 Å². The van der Waals surface area contributed by atoms with Crippen LogP contribution < -0.4 is 14.4 Å². The van der Waals surface area contributed by atoms with Crippen molar-refractivity contribution < 1.29 is 13.7 Å². The Labute approximate surface area is 185 Å². The number of benzene rings is 3.